The number of pyridine rings is 1. The molecule has 1 saturated heterocycles. The van der Waals surface area contributed by atoms with Crippen LogP contribution in [0.4, 0.5) is 5.82 Å². The summed E-state index contributed by atoms with van der Waals surface area (Å²) in [7, 11) is 0. The Morgan fingerprint density at radius 1 is 1.17 bits per heavy atom. The van der Waals surface area contributed by atoms with Crippen LogP contribution in [0.25, 0.3) is 10.9 Å². The van der Waals surface area contributed by atoms with E-state index in [9.17, 15) is 5.11 Å². The third-order valence-corrected chi connectivity index (χ3v) is 5.95. The summed E-state index contributed by atoms with van der Waals surface area (Å²) in [6.07, 6.45) is 5.49. The van der Waals surface area contributed by atoms with Crippen LogP contribution in [0.1, 0.15) is 43.2 Å². The van der Waals surface area contributed by atoms with Gasteiger partial charge in [-0.15, -0.1) is 0 Å². The maximum Gasteiger partial charge on any atom is 0.129 e. The predicted octanol–water partition coefficient (Wildman–Crippen LogP) is 3.98. The Morgan fingerprint density at radius 2 is 2.00 bits per heavy atom. The van der Waals surface area contributed by atoms with Crippen molar-refractivity contribution in [3.8, 4) is 0 Å². The second kappa shape index (κ2) is 5.48. The van der Waals surface area contributed by atoms with Crippen molar-refractivity contribution in [3.63, 3.8) is 0 Å². The Kier molecular flexibility index (Phi) is 3.56. The van der Waals surface area contributed by atoms with Crippen molar-refractivity contribution in [3.05, 3.63) is 35.4 Å². The van der Waals surface area contributed by atoms with Gasteiger partial charge in [0, 0.05) is 23.9 Å². The van der Waals surface area contributed by atoms with E-state index in [2.05, 4.69) is 43.0 Å². The zero-order chi connectivity index (χ0) is 16.0. The molecule has 0 unspecified atom stereocenters. The number of aryl methyl sites for hydroxylation is 2. The van der Waals surface area contributed by atoms with E-state index in [4.69, 9.17) is 4.98 Å². The molecule has 3 heteroatoms. The normalized spacial score (nSPS) is 28.0. The Balaban J connectivity index is 1.70. The molecule has 1 aromatic heterocycles. The molecule has 23 heavy (non-hydrogen) atoms. The van der Waals surface area contributed by atoms with E-state index in [0.29, 0.717) is 0 Å². The molecule has 2 fully saturated rings. The standard InChI is InChI=1S/C20H26N2O/c1-14-6-7-17-16(11-14)15(2)12-19(21-17)22-10-4-9-20(13-22)8-3-5-18(20)23/h6-7,11-12,18,23H,3-5,8-10,13H2,1-2H3/t18-,20-/m1/s1. The van der Waals surface area contributed by atoms with Gasteiger partial charge in [-0.1, -0.05) is 18.1 Å². The highest BCUT2D eigenvalue weighted by Gasteiger charge is 2.44. The van der Waals surface area contributed by atoms with Crippen molar-refractivity contribution >= 4 is 16.7 Å². The fourth-order valence-electron chi connectivity index (χ4n) is 4.60. The number of nitrogens with zero attached hydrogens (tertiary/aromatic N) is 2. The summed E-state index contributed by atoms with van der Waals surface area (Å²) < 4.78 is 0. The number of aliphatic hydroxyl groups excluding tert-OH is 1. The Bertz CT molecular complexity index is 742. The highest BCUT2D eigenvalue weighted by atomic mass is 16.3. The zero-order valence-electron chi connectivity index (χ0n) is 14.2. The lowest BCUT2D eigenvalue weighted by molar-refractivity contribution is 0.0408. The maximum absolute atomic E-state index is 10.5. The summed E-state index contributed by atoms with van der Waals surface area (Å²) in [5.74, 6) is 1.08. The van der Waals surface area contributed by atoms with Crippen molar-refractivity contribution in [1.82, 2.24) is 4.98 Å². The number of hydrogen-bond acceptors (Lipinski definition) is 3. The highest BCUT2D eigenvalue weighted by Crippen LogP contribution is 2.45. The minimum atomic E-state index is -0.130. The first-order valence-electron chi connectivity index (χ1n) is 8.88. The van der Waals surface area contributed by atoms with E-state index in [1.165, 1.54) is 22.9 Å². The number of anilines is 1. The predicted molar refractivity (Wildman–Crippen MR) is 95.0 cm³/mol. The summed E-state index contributed by atoms with van der Waals surface area (Å²) >= 11 is 0. The van der Waals surface area contributed by atoms with Gasteiger partial charge >= 0.3 is 0 Å². The molecule has 0 radical (unpaired) electrons. The van der Waals surface area contributed by atoms with Crippen LogP contribution in [-0.2, 0) is 0 Å². The Hall–Kier alpha value is -1.61. The van der Waals surface area contributed by atoms with Crippen LogP contribution < -0.4 is 4.90 Å². The van der Waals surface area contributed by atoms with Crippen molar-refractivity contribution < 1.29 is 5.11 Å². The Labute approximate surface area is 138 Å². The van der Waals surface area contributed by atoms with E-state index in [1.54, 1.807) is 0 Å². The van der Waals surface area contributed by atoms with E-state index in [1.807, 2.05) is 0 Å². The molecule has 2 heterocycles. The van der Waals surface area contributed by atoms with Gasteiger partial charge in [0.15, 0.2) is 0 Å². The van der Waals surface area contributed by atoms with Gasteiger partial charge in [0.2, 0.25) is 0 Å². The van der Waals surface area contributed by atoms with Crippen LogP contribution in [0.5, 0.6) is 0 Å². The van der Waals surface area contributed by atoms with E-state index in [-0.39, 0.29) is 11.5 Å². The third-order valence-electron chi connectivity index (χ3n) is 5.95. The first-order chi connectivity index (χ1) is 11.1. The monoisotopic (exact) mass is 310 g/mol. The lowest BCUT2D eigenvalue weighted by atomic mass is 9.76. The van der Waals surface area contributed by atoms with Crippen molar-refractivity contribution in [2.75, 3.05) is 18.0 Å². The Morgan fingerprint density at radius 3 is 2.78 bits per heavy atom. The zero-order valence-corrected chi connectivity index (χ0v) is 14.2. The molecule has 122 valence electrons. The average Bonchev–Trinajstić information content (AvgIpc) is 2.88. The summed E-state index contributed by atoms with van der Waals surface area (Å²) in [6, 6.07) is 8.71. The largest absolute Gasteiger partial charge is 0.392 e. The van der Waals surface area contributed by atoms with Crippen LogP contribution in [-0.4, -0.2) is 29.3 Å². The van der Waals surface area contributed by atoms with Gasteiger partial charge in [-0.25, -0.2) is 4.98 Å². The summed E-state index contributed by atoms with van der Waals surface area (Å²) in [5, 5.41) is 11.7. The molecule has 4 rings (SSSR count). The van der Waals surface area contributed by atoms with Crippen LogP contribution >= 0.6 is 0 Å². The lowest BCUT2D eigenvalue weighted by Crippen LogP contribution is -2.47. The van der Waals surface area contributed by atoms with E-state index < -0.39 is 0 Å². The minimum absolute atomic E-state index is 0.107. The molecule has 2 atom stereocenters. The van der Waals surface area contributed by atoms with Gasteiger partial charge in [-0.2, -0.15) is 0 Å². The molecule has 1 spiro atoms. The topological polar surface area (TPSA) is 36.4 Å². The van der Waals surface area contributed by atoms with Crippen molar-refractivity contribution in [1.29, 1.82) is 0 Å². The van der Waals surface area contributed by atoms with Gasteiger partial charge in [-0.3, -0.25) is 0 Å². The van der Waals surface area contributed by atoms with Crippen LogP contribution in [0, 0.1) is 19.3 Å². The molecule has 2 aromatic rings. The fraction of sp³-hybridized carbons (Fsp3) is 0.550. The molecule has 3 nitrogen and oxygen atoms in total. The second-order valence-corrected chi connectivity index (χ2v) is 7.61. The number of rotatable bonds is 1. The third kappa shape index (κ3) is 2.51. The number of aromatic nitrogens is 1. The molecular formula is C20H26N2O. The number of hydrogen-bond donors (Lipinski definition) is 1. The SMILES string of the molecule is Cc1ccc2nc(N3CCC[C@]4(CCC[C@H]4O)C3)cc(C)c2c1. The molecule has 0 bridgehead atoms. The molecule has 2 aliphatic rings. The fourth-order valence-corrected chi connectivity index (χ4v) is 4.60. The van der Waals surface area contributed by atoms with Gasteiger partial charge in [0.05, 0.1) is 11.6 Å². The van der Waals surface area contributed by atoms with Crippen molar-refractivity contribution in [2.24, 2.45) is 5.41 Å². The molecule has 0 amide bonds. The van der Waals surface area contributed by atoms with E-state index in [0.717, 1.165) is 50.1 Å². The van der Waals surface area contributed by atoms with Gasteiger partial charge in [0.25, 0.3) is 0 Å². The number of benzene rings is 1. The van der Waals surface area contributed by atoms with E-state index >= 15 is 0 Å². The molecule has 1 saturated carbocycles. The van der Waals surface area contributed by atoms with Gasteiger partial charge in [-0.05, 0) is 63.3 Å². The minimum Gasteiger partial charge on any atom is -0.392 e. The lowest BCUT2D eigenvalue weighted by Gasteiger charge is -2.43. The quantitative estimate of drug-likeness (QED) is 0.865. The number of fused-ring (bicyclic) bond motifs is 1. The highest BCUT2D eigenvalue weighted by molar-refractivity contribution is 5.84. The number of piperidine rings is 1. The smallest absolute Gasteiger partial charge is 0.129 e. The van der Waals surface area contributed by atoms with Crippen LogP contribution in [0.2, 0.25) is 0 Å². The van der Waals surface area contributed by atoms with Crippen molar-refractivity contribution in [2.45, 2.75) is 52.1 Å². The summed E-state index contributed by atoms with van der Waals surface area (Å²) in [4.78, 5) is 7.33. The van der Waals surface area contributed by atoms with Gasteiger partial charge in [0.1, 0.15) is 5.82 Å². The molecule has 1 N–H and O–H groups in total. The first kappa shape index (κ1) is 14.9. The maximum atomic E-state index is 10.5. The van der Waals surface area contributed by atoms with Gasteiger partial charge < -0.3 is 10.0 Å². The van der Waals surface area contributed by atoms with Crippen LogP contribution in [0.3, 0.4) is 0 Å². The first-order valence-corrected chi connectivity index (χ1v) is 8.88. The average molecular weight is 310 g/mol. The number of aliphatic hydroxyl groups is 1. The summed E-state index contributed by atoms with van der Waals surface area (Å²) in [6.45, 7) is 6.32. The molecule has 1 aliphatic heterocycles. The second-order valence-electron chi connectivity index (χ2n) is 7.61. The molecular weight excluding hydrogens is 284 g/mol. The molecule has 1 aliphatic carbocycles. The summed E-state index contributed by atoms with van der Waals surface area (Å²) in [5.41, 5.74) is 3.76. The van der Waals surface area contributed by atoms with Crippen LogP contribution in [0.15, 0.2) is 24.3 Å². The molecule has 1 aromatic carbocycles.